The van der Waals surface area contributed by atoms with Crippen molar-refractivity contribution >= 4 is 15.8 Å². The Hall–Kier alpha value is -3.05. The summed E-state index contributed by atoms with van der Waals surface area (Å²) in [6.07, 6.45) is -0.547. The predicted molar refractivity (Wildman–Crippen MR) is 113 cm³/mol. The molecule has 1 aromatic carbocycles. The topological polar surface area (TPSA) is 85.2 Å². The lowest BCUT2D eigenvalue weighted by Crippen LogP contribution is -2.52. The quantitative estimate of drug-likeness (QED) is 0.485. The van der Waals surface area contributed by atoms with Gasteiger partial charge in [-0.05, 0) is 24.1 Å². The number of alkyl halides is 3. The number of benzene rings is 1. The number of imidazole rings is 1. The van der Waals surface area contributed by atoms with Gasteiger partial charge in [-0.1, -0.05) is 24.3 Å². The summed E-state index contributed by atoms with van der Waals surface area (Å²) in [4.78, 5) is 21.2. The number of aromatic nitrogens is 3. The highest BCUT2D eigenvalue weighted by Gasteiger charge is 2.43. The van der Waals surface area contributed by atoms with E-state index in [1.807, 2.05) is 0 Å². The minimum Gasteiger partial charge on any atom is -0.339 e. The van der Waals surface area contributed by atoms with Gasteiger partial charge in [0, 0.05) is 56.1 Å². The van der Waals surface area contributed by atoms with Crippen LogP contribution in [0.5, 0.6) is 0 Å². The van der Waals surface area contributed by atoms with Gasteiger partial charge < -0.3 is 4.57 Å². The molecule has 0 radical (unpaired) electrons. The standard InChI is InChI=1S/C22H21F3N4O3S/c1-28-13-21(27-14-28)33(31,32)29-11-15(12-29)17(19-8-4-5-9-26-19)10-20(30)16-6-2-3-7-18(16)22(23,24)25/h2-9,13-15,17H,10-12H2,1H3. The van der Waals surface area contributed by atoms with Gasteiger partial charge in [-0.25, -0.2) is 13.4 Å². The predicted octanol–water partition coefficient (Wildman–Crippen LogP) is 3.51. The fourth-order valence-electron chi connectivity index (χ4n) is 3.97. The number of Topliss-reactive ketones (excluding diaryl/α,β-unsaturated/α-hetero) is 1. The van der Waals surface area contributed by atoms with Crippen molar-refractivity contribution in [2.75, 3.05) is 13.1 Å². The molecule has 1 fully saturated rings. The van der Waals surface area contributed by atoms with Crippen molar-refractivity contribution in [3.8, 4) is 0 Å². The van der Waals surface area contributed by atoms with Crippen LogP contribution in [-0.2, 0) is 23.2 Å². The summed E-state index contributed by atoms with van der Waals surface area (Å²) in [5.74, 6) is -1.47. The maximum atomic E-state index is 13.4. The third-order valence-electron chi connectivity index (χ3n) is 5.74. The van der Waals surface area contributed by atoms with Crippen LogP contribution in [0, 0.1) is 5.92 Å². The molecule has 4 rings (SSSR count). The number of carbonyl (C=O) groups excluding carboxylic acids is 1. The SMILES string of the molecule is Cn1cnc(S(=O)(=O)N2CC(C(CC(=O)c3ccccc3C(F)(F)F)c3ccccn3)C2)c1. The number of nitrogens with zero attached hydrogens (tertiary/aromatic N) is 4. The van der Waals surface area contributed by atoms with Crippen LogP contribution in [0.3, 0.4) is 0 Å². The van der Waals surface area contributed by atoms with Crippen LogP contribution in [0.25, 0.3) is 0 Å². The molecular weight excluding hydrogens is 457 g/mol. The van der Waals surface area contributed by atoms with Crippen LogP contribution < -0.4 is 0 Å². The molecule has 0 spiro atoms. The molecule has 0 saturated carbocycles. The van der Waals surface area contributed by atoms with Crippen LogP contribution in [0.4, 0.5) is 13.2 Å². The molecule has 1 aliphatic rings. The molecular formula is C22H21F3N4O3S. The first-order chi connectivity index (χ1) is 15.6. The van der Waals surface area contributed by atoms with E-state index in [0.29, 0.717) is 5.69 Å². The van der Waals surface area contributed by atoms with Crippen molar-refractivity contribution in [3.05, 3.63) is 78.0 Å². The van der Waals surface area contributed by atoms with E-state index in [9.17, 15) is 26.4 Å². The number of halogens is 3. The van der Waals surface area contributed by atoms with Crippen molar-refractivity contribution in [2.24, 2.45) is 13.0 Å². The number of pyridine rings is 1. The van der Waals surface area contributed by atoms with Gasteiger partial charge >= 0.3 is 6.18 Å². The second-order valence-electron chi connectivity index (χ2n) is 7.99. The molecule has 7 nitrogen and oxygen atoms in total. The zero-order chi connectivity index (χ0) is 23.8. The van der Waals surface area contributed by atoms with E-state index >= 15 is 0 Å². The number of carbonyl (C=O) groups is 1. The lowest BCUT2D eigenvalue weighted by atomic mass is 9.80. The molecule has 33 heavy (non-hydrogen) atoms. The molecule has 2 aromatic heterocycles. The Kier molecular flexibility index (Phi) is 6.10. The molecule has 0 bridgehead atoms. The third-order valence-corrected chi connectivity index (χ3v) is 7.45. The fourth-order valence-corrected chi connectivity index (χ4v) is 5.49. The number of hydrogen-bond acceptors (Lipinski definition) is 5. The number of ketones is 1. The molecule has 1 saturated heterocycles. The molecule has 11 heteroatoms. The fraction of sp³-hybridized carbons (Fsp3) is 0.318. The third kappa shape index (κ3) is 4.69. The average molecular weight is 478 g/mol. The zero-order valence-corrected chi connectivity index (χ0v) is 18.4. The summed E-state index contributed by atoms with van der Waals surface area (Å²) < 4.78 is 68.5. The summed E-state index contributed by atoms with van der Waals surface area (Å²) >= 11 is 0. The van der Waals surface area contributed by atoms with Crippen LogP contribution >= 0.6 is 0 Å². The molecule has 0 amide bonds. The number of sulfonamides is 1. The van der Waals surface area contributed by atoms with Crippen molar-refractivity contribution in [1.29, 1.82) is 0 Å². The highest BCUT2D eigenvalue weighted by atomic mass is 32.2. The van der Waals surface area contributed by atoms with Gasteiger partial charge in [0.15, 0.2) is 10.8 Å². The Bertz CT molecular complexity index is 1250. The van der Waals surface area contributed by atoms with Gasteiger partial charge in [-0.3, -0.25) is 9.78 Å². The van der Waals surface area contributed by atoms with Gasteiger partial charge in [0.2, 0.25) is 0 Å². The van der Waals surface area contributed by atoms with Crippen LogP contribution in [-0.4, -0.2) is 46.1 Å². The second kappa shape index (κ2) is 8.71. The van der Waals surface area contributed by atoms with Gasteiger partial charge in [0.1, 0.15) is 0 Å². The molecule has 3 aromatic rings. The Morgan fingerprint density at radius 1 is 1.12 bits per heavy atom. The van der Waals surface area contributed by atoms with Crippen molar-refractivity contribution < 1.29 is 26.4 Å². The van der Waals surface area contributed by atoms with Gasteiger partial charge in [-0.15, -0.1) is 0 Å². The maximum absolute atomic E-state index is 13.4. The van der Waals surface area contributed by atoms with E-state index in [0.717, 1.165) is 6.07 Å². The summed E-state index contributed by atoms with van der Waals surface area (Å²) in [5, 5.41) is -0.0759. The Balaban J connectivity index is 1.57. The summed E-state index contributed by atoms with van der Waals surface area (Å²) in [5.41, 5.74) is -0.846. The first-order valence-electron chi connectivity index (χ1n) is 10.2. The number of hydrogen-bond donors (Lipinski definition) is 0. The van der Waals surface area contributed by atoms with E-state index < -0.39 is 39.0 Å². The van der Waals surface area contributed by atoms with Gasteiger partial charge in [0.25, 0.3) is 10.0 Å². The minimum absolute atomic E-state index is 0.0759. The average Bonchev–Trinajstić information content (AvgIpc) is 3.19. The maximum Gasteiger partial charge on any atom is 0.417 e. The Morgan fingerprint density at radius 2 is 1.82 bits per heavy atom. The highest BCUT2D eigenvalue weighted by Crippen LogP contribution is 2.38. The van der Waals surface area contributed by atoms with E-state index in [1.165, 1.54) is 45.8 Å². The first kappa shape index (κ1) is 23.1. The molecule has 1 aliphatic heterocycles. The monoisotopic (exact) mass is 478 g/mol. The van der Waals surface area contributed by atoms with E-state index in [1.54, 1.807) is 25.2 Å². The first-order valence-corrected chi connectivity index (χ1v) is 11.6. The smallest absolute Gasteiger partial charge is 0.339 e. The molecule has 1 atom stereocenters. The molecule has 1 unspecified atom stereocenters. The van der Waals surface area contributed by atoms with Crippen molar-refractivity contribution in [2.45, 2.75) is 23.5 Å². The van der Waals surface area contributed by atoms with E-state index in [-0.39, 0.29) is 30.5 Å². The Morgan fingerprint density at radius 3 is 2.42 bits per heavy atom. The second-order valence-corrected chi connectivity index (χ2v) is 9.88. The summed E-state index contributed by atoms with van der Waals surface area (Å²) in [6.45, 7) is 0.239. The minimum atomic E-state index is -4.66. The molecule has 0 aliphatic carbocycles. The van der Waals surface area contributed by atoms with Crippen LogP contribution in [0.15, 0.2) is 66.2 Å². The lowest BCUT2D eigenvalue weighted by Gasteiger charge is -2.41. The Labute approximate surface area is 188 Å². The van der Waals surface area contributed by atoms with Crippen molar-refractivity contribution in [1.82, 2.24) is 18.8 Å². The number of aryl methyl sites for hydroxylation is 1. The lowest BCUT2D eigenvalue weighted by molar-refractivity contribution is -0.137. The zero-order valence-electron chi connectivity index (χ0n) is 17.6. The molecule has 3 heterocycles. The molecule has 0 N–H and O–H groups in total. The van der Waals surface area contributed by atoms with Gasteiger partial charge in [-0.2, -0.15) is 17.5 Å². The largest absolute Gasteiger partial charge is 0.417 e. The van der Waals surface area contributed by atoms with E-state index in [2.05, 4.69) is 9.97 Å². The van der Waals surface area contributed by atoms with Crippen LogP contribution in [0.1, 0.15) is 34.0 Å². The normalized spacial score (nSPS) is 16.4. The van der Waals surface area contributed by atoms with Gasteiger partial charge in [0.05, 0.1) is 11.9 Å². The highest BCUT2D eigenvalue weighted by molar-refractivity contribution is 7.89. The number of rotatable bonds is 7. The van der Waals surface area contributed by atoms with Crippen LogP contribution in [0.2, 0.25) is 0 Å². The van der Waals surface area contributed by atoms with E-state index in [4.69, 9.17) is 0 Å². The summed E-state index contributed by atoms with van der Waals surface area (Å²) in [7, 11) is -2.13. The summed E-state index contributed by atoms with van der Waals surface area (Å²) in [6, 6.07) is 9.80. The van der Waals surface area contributed by atoms with Crippen molar-refractivity contribution in [3.63, 3.8) is 0 Å². The molecule has 174 valence electrons.